The van der Waals surface area contributed by atoms with Gasteiger partial charge in [0.1, 0.15) is 17.3 Å². The van der Waals surface area contributed by atoms with Crippen LogP contribution >= 0.6 is 0 Å². The third-order valence-corrected chi connectivity index (χ3v) is 11.1. The first-order chi connectivity index (χ1) is 24.3. The number of benzene rings is 5. The Labute approximate surface area is 303 Å². The third kappa shape index (κ3) is 6.31. The van der Waals surface area contributed by atoms with Gasteiger partial charge in [0.25, 0.3) is 0 Å². The van der Waals surface area contributed by atoms with E-state index in [9.17, 15) is 15.3 Å². The summed E-state index contributed by atoms with van der Waals surface area (Å²) in [6, 6.07) is 35.0. The fraction of sp³-hybridized carbons (Fsp3) is 0.250. The molecule has 3 nitrogen and oxygen atoms in total. The monoisotopic (exact) mass is 674 g/mol. The molecule has 0 radical (unpaired) electrons. The zero-order chi connectivity index (χ0) is 36.6. The standard InChI is InChI=1S/C48H50O3/c1-8-33-37(25-27-41(45(33)51)46(3,4)5)42(49)24-17-30-48(47(6,7)9-2)31-29-39(35-21-15-16-23-40(35)48)44(32-18-11-10-12-19-32)38-26-28-43(50)36-22-14-13-20-34(36)38/h8,10-29,31,49-51H,9,30H2,1-7H3/b24-17-,33-8+,42-37+,44-39+. The van der Waals surface area contributed by atoms with Crippen molar-refractivity contribution in [2.75, 3.05) is 0 Å². The minimum Gasteiger partial charge on any atom is -0.507 e. The number of aliphatic hydroxyl groups is 1. The van der Waals surface area contributed by atoms with Crippen molar-refractivity contribution in [2.45, 2.75) is 72.1 Å². The predicted octanol–water partition coefficient (Wildman–Crippen LogP) is 10.9. The number of phenols is 2. The van der Waals surface area contributed by atoms with Crippen LogP contribution < -0.4 is 10.4 Å². The summed E-state index contributed by atoms with van der Waals surface area (Å²) in [5.74, 6) is 0.610. The van der Waals surface area contributed by atoms with Gasteiger partial charge in [0, 0.05) is 21.2 Å². The Balaban J connectivity index is 1.56. The molecule has 1 aliphatic carbocycles. The van der Waals surface area contributed by atoms with Crippen LogP contribution in [-0.2, 0) is 10.8 Å². The quantitative estimate of drug-likeness (QED) is 0.161. The van der Waals surface area contributed by atoms with Crippen LogP contribution in [0.5, 0.6) is 11.5 Å². The zero-order valence-corrected chi connectivity index (χ0v) is 31.0. The number of rotatable bonds is 7. The predicted molar refractivity (Wildman–Crippen MR) is 215 cm³/mol. The molecule has 0 aromatic heterocycles. The van der Waals surface area contributed by atoms with Crippen molar-refractivity contribution in [3.05, 3.63) is 166 Å². The summed E-state index contributed by atoms with van der Waals surface area (Å²) in [6.07, 6.45) is 12.0. The first-order valence-electron chi connectivity index (χ1n) is 18.0. The van der Waals surface area contributed by atoms with E-state index in [4.69, 9.17) is 0 Å². The second-order valence-electron chi connectivity index (χ2n) is 15.4. The van der Waals surface area contributed by atoms with Gasteiger partial charge < -0.3 is 15.3 Å². The first kappa shape index (κ1) is 35.5. The van der Waals surface area contributed by atoms with E-state index in [1.165, 1.54) is 11.1 Å². The van der Waals surface area contributed by atoms with E-state index in [1.54, 1.807) is 12.1 Å². The number of allylic oxidation sites excluding steroid dienone is 4. The van der Waals surface area contributed by atoms with Crippen LogP contribution in [0.25, 0.3) is 33.8 Å². The van der Waals surface area contributed by atoms with Crippen molar-refractivity contribution in [2.24, 2.45) is 5.41 Å². The summed E-state index contributed by atoms with van der Waals surface area (Å²) < 4.78 is 0. The van der Waals surface area contributed by atoms with Gasteiger partial charge in [-0.15, -0.1) is 0 Å². The summed E-state index contributed by atoms with van der Waals surface area (Å²) in [6.45, 7) is 15.0. The largest absolute Gasteiger partial charge is 0.507 e. The Bertz CT molecular complexity index is 2310. The van der Waals surface area contributed by atoms with Crippen molar-refractivity contribution in [3.8, 4) is 11.5 Å². The van der Waals surface area contributed by atoms with Crippen molar-refractivity contribution >= 4 is 33.8 Å². The van der Waals surface area contributed by atoms with Gasteiger partial charge in [-0.05, 0) is 87.1 Å². The molecule has 5 aromatic carbocycles. The highest BCUT2D eigenvalue weighted by atomic mass is 16.3. The summed E-state index contributed by atoms with van der Waals surface area (Å²) in [4.78, 5) is 0. The van der Waals surface area contributed by atoms with E-state index in [0.717, 1.165) is 45.0 Å². The number of fused-ring (bicyclic) bond motifs is 2. The molecule has 0 heterocycles. The maximum absolute atomic E-state index is 11.4. The fourth-order valence-electron chi connectivity index (χ4n) is 7.83. The average Bonchev–Trinajstić information content (AvgIpc) is 3.13. The SMILES string of the molecule is C/C=c1/c(O)c(C(C)(C)C)cc/c1=C(O)/C=C\CC1(C(C)(C)CC)C=C/C(=C(/c2ccccc2)c2ccc(O)c3ccccc23)c2ccccc21. The lowest BCUT2D eigenvalue weighted by Gasteiger charge is -2.48. The van der Waals surface area contributed by atoms with Crippen molar-refractivity contribution in [1.82, 2.24) is 0 Å². The van der Waals surface area contributed by atoms with Crippen LogP contribution in [-0.4, -0.2) is 15.3 Å². The fourth-order valence-corrected chi connectivity index (χ4v) is 7.83. The van der Waals surface area contributed by atoms with Crippen LogP contribution in [0.3, 0.4) is 0 Å². The molecule has 0 amide bonds. The van der Waals surface area contributed by atoms with Gasteiger partial charge in [0.2, 0.25) is 0 Å². The molecule has 6 rings (SSSR count). The molecule has 51 heavy (non-hydrogen) atoms. The van der Waals surface area contributed by atoms with Crippen LogP contribution in [0.15, 0.2) is 127 Å². The second-order valence-corrected chi connectivity index (χ2v) is 15.4. The summed E-state index contributed by atoms with van der Waals surface area (Å²) >= 11 is 0. The van der Waals surface area contributed by atoms with Gasteiger partial charge in [-0.3, -0.25) is 0 Å². The highest BCUT2D eigenvalue weighted by Crippen LogP contribution is 2.54. The van der Waals surface area contributed by atoms with Crippen LogP contribution in [0.2, 0.25) is 0 Å². The lowest BCUT2D eigenvalue weighted by atomic mass is 9.55. The Morgan fingerprint density at radius 2 is 1.43 bits per heavy atom. The zero-order valence-electron chi connectivity index (χ0n) is 31.0. The highest BCUT2D eigenvalue weighted by molar-refractivity contribution is 6.10. The van der Waals surface area contributed by atoms with Crippen LogP contribution in [0, 0.1) is 5.41 Å². The van der Waals surface area contributed by atoms with Gasteiger partial charge >= 0.3 is 0 Å². The van der Waals surface area contributed by atoms with E-state index in [0.29, 0.717) is 16.9 Å². The van der Waals surface area contributed by atoms with Gasteiger partial charge in [-0.1, -0.05) is 163 Å². The maximum Gasteiger partial charge on any atom is 0.126 e. The molecule has 0 aliphatic heterocycles. The van der Waals surface area contributed by atoms with E-state index < -0.39 is 0 Å². The molecule has 260 valence electrons. The van der Waals surface area contributed by atoms with Crippen molar-refractivity contribution in [3.63, 3.8) is 0 Å². The Morgan fingerprint density at radius 1 is 0.765 bits per heavy atom. The first-order valence-corrected chi connectivity index (χ1v) is 18.0. The topological polar surface area (TPSA) is 60.7 Å². The van der Waals surface area contributed by atoms with Gasteiger partial charge in [0.05, 0.1) is 0 Å². The number of aromatic hydroxyl groups is 2. The van der Waals surface area contributed by atoms with Crippen molar-refractivity contribution < 1.29 is 15.3 Å². The number of hydrogen-bond acceptors (Lipinski definition) is 3. The summed E-state index contributed by atoms with van der Waals surface area (Å²) in [5.41, 5.74) is 6.93. The van der Waals surface area contributed by atoms with Gasteiger partial charge in [-0.2, -0.15) is 0 Å². The molecule has 5 aromatic rings. The lowest BCUT2D eigenvalue weighted by Crippen LogP contribution is -2.41. The van der Waals surface area contributed by atoms with Crippen molar-refractivity contribution in [1.29, 1.82) is 0 Å². The minimum absolute atomic E-state index is 0.127. The van der Waals surface area contributed by atoms with E-state index in [-0.39, 0.29) is 33.5 Å². The molecule has 0 bridgehead atoms. The Hall–Kier alpha value is -5.28. The molecule has 1 unspecified atom stereocenters. The van der Waals surface area contributed by atoms with E-state index >= 15 is 0 Å². The van der Waals surface area contributed by atoms with E-state index in [2.05, 4.69) is 114 Å². The number of phenolic OH excluding ortho intramolecular Hbond substituents is 2. The van der Waals surface area contributed by atoms with Gasteiger partial charge in [-0.25, -0.2) is 0 Å². The van der Waals surface area contributed by atoms with E-state index in [1.807, 2.05) is 55.5 Å². The number of hydrogen-bond donors (Lipinski definition) is 3. The molecule has 3 N–H and O–H groups in total. The summed E-state index contributed by atoms with van der Waals surface area (Å²) in [5, 5.41) is 36.5. The third-order valence-electron chi connectivity index (χ3n) is 11.1. The Morgan fingerprint density at radius 3 is 2.12 bits per heavy atom. The van der Waals surface area contributed by atoms with Crippen LogP contribution in [0.1, 0.15) is 89.1 Å². The normalized spacial score (nSPS) is 18.3. The Kier molecular flexibility index (Phi) is 9.61. The molecule has 0 saturated carbocycles. The molecule has 1 atom stereocenters. The molecular weight excluding hydrogens is 625 g/mol. The molecule has 1 aliphatic rings. The smallest absolute Gasteiger partial charge is 0.126 e. The molecule has 0 saturated heterocycles. The summed E-state index contributed by atoms with van der Waals surface area (Å²) in [7, 11) is 0. The second kappa shape index (κ2) is 13.8. The van der Waals surface area contributed by atoms with Gasteiger partial charge in [0.15, 0.2) is 0 Å². The molecule has 3 heteroatoms. The molecule has 0 spiro atoms. The molecular formula is C48H50O3. The average molecular weight is 675 g/mol. The maximum atomic E-state index is 11.4. The number of aliphatic hydroxyl groups excluding tert-OH is 1. The lowest BCUT2D eigenvalue weighted by molar-refractivity contribution is 0.200. The minimum atomic E-state index is -0.380. The van der Waals surface area contributed by atoms with Crippen LogP contribution in [0.4, 0.5) is 0 Å². The molecule has 0 fully saturated rings. The highest BCUT2D eigenvalue weighted by Gasteiger charge is 2.45.